The van der Waals surface area contributed by atoms with Gasteiger partial charge in [0.15, 0.2) is 0 Å². The molecule has 0 aliphatic carbocycles. The Bertz CT molecular complexity index is 1260. The highest BCUT2D eigenvalue weighted by Crippen LogP contribution is 2.38. The van der Waals surface area contributed by atoms with Gasteiger partial charge in [-0.25, -0.2) is 9.78 Å². The van der Waals surface area contributed by atoms with E-state index in [0.29, 0.717) is 43.9 Å². The SMILES string of the molecule is CNC(=O)N(c1ccccc1C(F)(F)F)C1CCN(Cc2nc(-c3ccc(C(F)(F)F)cc3)[nH]c2C)CC1. The van der Waals surface area contributed by atoms with E-state index in [9.17, 15) is 31.1 Å². The zero-order valence-electron chi connectivity index (χ0n) is 20.7. The molecule has 0 unspecified atom stereocenters. The Balaban J connectivity index is 1.46. The molecular formula is C26H27F6N5O. The number of hydrogen-bond donors (Lipinski definition) is 2. The molecule has 1 aliphatic heterocycles. The van der Waals surface area contributed by atoms with Gasteiger partial charge in [-0.15, -0.1) is 0 Å². The van der Waals surface area contributed by atoms with Gasteiger partial charge in [0.2, 0.25) is 0 Å². The molecule has 1 saturated heterocycles. The van der Waals surface area contributed by atoms with Crippen molar-refractivity contribution in [1.29, 1.82) is 0 Å². The van der Waals surface area contributed by atoms with Crippen LogP contribution in [0.5, 0.6) is 0 Å². The quantitative estimate of drug-likeness (QED) is 0.378. The maximum atomic E-state index is 13.7. The zero-order chi connectivity index (χ0) is 27.7. The third-order valence-electron chi connectivity index (χ3n) is 6.67. The van der Waals surface area contributed by atoms with Crippen molar-refractivity contribution >= 4 is 11.7 Å². The van der Waals surface area contributed by atoms with Gasteiger partial charge in [0.05, 0.1) is 22.5 Å². The number of rotatable bonds is 5. The van der Waals surface area contributed by atoms with Crippen LogP contribution in [0.25, 0.3) is 11.4 Å². The number of amides is 2. The van der Waals surface area contributed by atoms with Gasteiger partial charge in [-0.1, -0.05) is 24.3 Å². The fourth-order valence-corrected chi connectivity index (χ4v) is 4.67. The summed E-state index contributed by atoms with van der Waals surface area (Å²) in [5.41, 5.74) is 0.236. The van der Waals surface area contributed by atoms with Crippen molar-refractivity contribution in [3.8, 4) is 11.4 Å². The van der Waals surface area contributed by atoms with Crippen molar-refractivity contribution < 1.29 is 31.1 Å². The van der Waals surface area contributed by atoms with E-state index in [1.807, 2.05) is 6.92 Å². The average molecular weight is 540 g/mol. The Labute approximate surface area is 215 Å². The Morgan fingerprint density at radius 2 is 1.66 bits per heavy atom. The van der Waals surface area contributed by atoms with E-state index < -0.39 is 35.6 Å². The predicted molar refractivity (Wildman–Crippen MR) is 130 cm³/mol. The second-order valence-corrected chi connectivity index (χ2v) is 9.18. The van der Waals surface area contributed by atoms with Gasteiger partial charge in [0, 0.05) is 44.0 Å². The first-order chi connectivity index (χ1) is 17.9. The van der Waals surface area contributed by atoms with Gasteiger partial charge >= 0.3 is 18.4 Å². The number of aromatic nitrogens is 2. The van der Waals surface area contributed by atoms with E-state index >= 15 is 0 Å². The van der Waals surface area contributed by atoms with Crippen molar-refractivity contribution in [2.45, 2.75) is 44.7 Å². The first kappa shape index (κ1) is 27.5. The van der Waals surface area contributed by atoms with Crippen LogP contribution in [0, 0.1) is 6.92 Å². The molecule has 2 amide bonds. The molecule has 1 aliphatic rings. The summed E-state index contributed by atoms with van der Waals surface area (Å²) in [5.74, 6) is 0.454. The largest absolute Gasteiger partial charge is 0.418 e. The smallest absolute Gasteiger partial charge is 0.342 e. The third kappa shape index (κ3) is 5.95. The molecule has 2 heterocycles. The normalized spacial score (nSPS) is 15.5. The first-order valence-electron chi connectivity index (χ1n) is 12.0. The fraction of sp³-hybridized carbons (Fsp3) is 0.385. The number of imidazole rings is 1. The molecule has 6 nitrogen and oxygen atoms in total. The maximum absolute atomic E-state index is 13.7. The number of piperidine rings is 1. The van der Waals surface area contributed by atoms with Crippen LogP contribution < -0.4 is 10.2 Å². The number of halogens is 6. The molecule has 3 aromatic rings. The van der Waals surface area contributed by atoms with Gasteiger partial charge < -0.3 is 10.3 Å². The van der Waals surface area contributed by atoms with E-state index in [0.717, 1.165) is 29.6 Å². The summed E-state index contributed by atoms with van der Waals surface area (Å²) in [5, 5.41) is 2.46. The number of aromatic amines is 1. The van der Waals surface area contributed by atoms with Gasteiger partial charge in [-0.05, 0) is 44.0 Å². The van der Waals surface area contributed by atoms with Crippen LogP contribution in [0.1, 0.15) is 35.4 Å². The molecule has 38 heavy (non-hydrogen) atoms. The monoisotopic (exact) mass is 539 g/mol. The number of H-pyrrole nitrogens is 1. The summed E-state index contributed by atoms with van der Waals surface area (Å²) in [6.45, 7) is 3.32. The van der Waals surface area contributed by atoms with Crippen LogP contribution in [-0.2, 0) is 18.9 Å². The number of nitrogens with one attached hydrogen (secondary N) is 2. The van der Waals surface area contributed by atoms with Crippen LogP contribution in [0.15, 0.2) is 48.5 Å². The van der Waals surface area contributed by atoms with Crippen LogP contribution in [0.2, 0.25) is 0 Å². The lowest BCUT2D eigenvalue weighted by atomic mass is 10.0. The summed E-state index contributed by atoms with van der Waals surface area (Å²) >= 11 is 0. The second kappa shape index (κ2) is 10.7. The number of likely N-dealkylation sites (tertiary alicyclic amines) is 1. The maximum Gasteiger partial charge on any atom is 0.418 e. The highest BCUT2D eigenvalue weighted by Gasteiger charge is 2.38. The van der Waals surface area contributed by atoms with Crippen molar-refractivity contribution in [2.75, 3.05) is 25.0 Å². The summed E-state index contributed by atoms with van der Waals surface area (Å²) in [6.07, 6.45) is -8.12. The van der Waals surface area contributed by atoms with Gasteiger partial charge in [0.1, 0.15) is 5.82 Å². The van der Waals surface area contributed by atoms with Crippen molar-refractivity contribution in [3.63, 3.8) is 0 Å². The lowest BCUT2D eigenvalue weighted by Crippen LogP contribution is -2.50. The zero-order valence-corrected chi connectivity index (χ0v) is 20.7. The molecule has 0 spiro atoms. The standard InChI is InChI=1S/C26H27F6N5O/c1-16-21(35-23(34-16)17-7-9-18(10-8-17)25(27,28)29)15-36-13-11-19(12-14-36)37(24(38)33-2)22-6-4-3-5-20(22)26(30,31)32/h3-10,19H,11-15H2,1-2H3,(H,33,38)(H,34,35). The Hall–Kier alpha value is -3.54. The number of para-hydroxylation sites is 1. The Kier molecular flexibility index (Phi) is 7.73. The van der Waals surface area contributed by atoms with Gasteiger partial charge in [0.25, 0.3) is 0 Å². The summed E-state index contributed by atoms with van der Waals surface area (Å²) in [6, 6.07) is 8.74. The molecule has 12 heteroatoms. The van der Waals surface area contributed by atoms with Crippen LogP contribution >= 0.6 is 0 Å². The van der Waals surface area contributed by atoms with Crippen LogP contribution in [0.3, 0.4) is 0 Å². The van der Waals surface area contributed by atoms with Crippen molar-refractivity contribution in [2.24, 2.45) is 0 Å². The van der Waals surface area contributed by atoms with Crippen molar-refractivity contribution in [1.82, 2.24) is 20.2 Å². The molecule has 0 atom stereocenters. The first-order valence-corrected chi connectivity index (χ1v) is 12.0. The summed E-state index contributed by atoms with van der Waals surface area (Å²) in [7, 11) is 1.38. The number of anilines is 1. The highest BCUT2D eigenvalue weighted by molar-refractivity contribution is 5.93. The fourth-order valence-electron chi connectivity index (χ4n) is 4.67. The van der Waals surface area contributed by atoms with E-state index in [4.69, 9.17) is 0 Å². The molecule has 0 bridgehead atoms. The van der Waals surface area contributed by atoms with E-state index in [1.54, 1.807) is 0 Å². The topological polar surface area (TPSA) is 64.3 Å². The molecule has 0 saturated carbocycles. The second-order valence-electron chi connectivity index (χ2n) is 9.18. The molecular weight excluding hydrogens is 512 g/mol. The predicted octanol–water partition coefficient (Wildman–Crippen LogP) is 6.23. The van der Waals surface area contributed by atoms with Crippen LogP contribution in [0.4, 0.5) is 36.8 Å². The average Bonchev–Trinajstić information content (AvgIpc) is 3.24. The number of aryl methyl sites for hydroxylation is 1. The van der Waals surface area contributed by atoms with Gasteiger partial charge in [-0.2, -0.15) is 26.3 Å². The summed E-state index contributed by atoms with van der Waals surface area (Å²) < 4.78 is 79.5. The van der Waals surface area contributed by atoms with E-state index in [1.165, 1.54) is 42.3 Å². The number of nitrogens with zero attached hydrogens (tertiary/aromatic N) is 3. The van der Waals surface area contributed by atoms with Crippen LogP contribution in [-0.4, -0.2) is 47.1 Å². The Morgan fingerprint density at radius 1 is 1.03 bits per heavy atom. The lowest BCUT2D eigenvalue weighted by molar-refractivity contribution is -0.138. The highest BCUT2D eigenvalue weighted by atomic mass is 19.4. The molecule has 1 aromatic heterocycles. The number of urea groups is 1. The minimum Gasteiger partial charge on any atom is -0.342 e. The molecule has 0 radical (unpaired) electrons. The summed E-state index contributed by atoms with van der Waals surface area (Å²) in [4.78, 5) is 23.7. The van der Waals surface area contributed by atoms with E-state index in [2.05, 4.69) is 20.2 Å². The molecule has 204 valence electrons. The molecule has 4 rings (SSSR count). The number of hydrogen-bond acceptors (Lipinski definition) is 3. The minimum atomic E-state index is -4.61. The van der Waals surface area contributed by atoms with Gasteiger partial charge in [-0.3, -0.25) is 9.80 Å². The molecule has 2 N–H and O–H groups in total. The number of alkyl halides is 6. The van der Waals surface area contributed by atoms with E-state index in [-0.39, 0.29) is 5.69 Å². The number of benzene rings is 2. The Morgan fingerprint density at radius 3 is 2.24 bits per heavy atom. The minimum absolute atomic E-state index is 0.179. The number of carbonyl (C=O) groups is 1. The van der Waals surface area contributed by atoms with Crippen molar-refractivity contribution in [3.05, 3.63) is 71.0 Å². The lowest BCUT2D eigenvalue weighted by Gasteiger charge is -2.39. The third-order valence-corrected chi connectivity index (χ3v) is 6.67. The molecule has 2 aromatic carbocycles. The number of carbonyl (C=O) groups excluding carboxylic acids is 1. The molecule has 1 fully saturated rings.